The maximum absolute atomic E-state index is 11.5. The lowest BCUT2D eigenvalue weighted by Crippen LogP contribution is -2.28. The van der Waals surface area contributed by atoms with Gasteiger partial charge in [0.05, 0.1) is 18.5 Å². The zero-order valence-electron chi connectivity index (χ0n) is 6.07. The number of nitrogens with one attached hydrogen (secondary N) is 1. The fourth-order valence-electron chi connectivity index (χ4n) is 0.476. The number of alkyl halides is 3. The summed E-state index contributed by atoms with van der Waals surface area (Å²) in [4.78, 5) is 0. The average molecular weight is 166 g/mol. The zero-order valence-corrected chi connectivity index (χ0v) is 6.07. The van der Waals surface area contributed by atoms with Crippen LogP contribution in [0.3, 0.4) is 0 Å². The van der Waals surface area contributed by atoms with Gasteiger partial charge < -0.3 is 5.32 Å². The Balaban J connectivity index is 3.37. The first kappa shape index (κ1) is 10.2. The SMILES string of the molecule is CC(C#N)NCCC(F)(F)F. The molecule has 0 aromatic rings. The monoisotopic (exact) mass is 166 g/mol. The molecule has 0 aliphatic carbocycles. The molecule has 0 saturated carbocycles. The van der Waals surface area contributed by atoms with Crippen molar-refractivity contribution in [2.75, 3.05) is 6.54 Å². The van der Waals surface area contributed by atoms with Crippen LogP contribution in [0.4, 0.5) is 13.2 Å². The van der Waals surface area contributed by atoms with E-state index in [2.05, 4.69) is 5.32 Å². The van der Waals surface area contributed by atoms with Crippen LogP contribution in [0, 0.1) is 11.3 Å². The van der Waals surface area contributed by atoms with E-state index >= 15 is 0 Å². The van der Waals surface area contributed by atoms with E-state index in [9.17, 15) is 13.2 Å². The quantitative estimate of drug-likeness (QED) is 0.688. The van der Waals surface area contributed by atoms with E-state index in [0.717, 1.165) is 0 Å². The lowest BCUT2D eigenvalue weighted by Gasteiger charge is -2.07. The summed E-state index contributed by atoms with van der Waals surface area (Å²) in [6.45, 7) is 1.31. The van der Waals surface area contributed by atoms with Crippen LogP contribution in [0.15, 0.2) is 0 Å². The van der Waals surface area contributed by atoms with E-state index in [0.29, 0.717) is 0 Å². The number of hydrogen-bond acceptors (Lipinski definition) is 2. The third-order valence-corrected chi connectivity index (χ3v) is 1.05. The summed E-state index contributed by atoms with van der Waals surface area (Å²) in [5.74, 6) is 0. The van der Waals surface area contributed by atoms with Crippen molar-refractivity contribution in [3.63, 3.8) is 0 Å². The van der Waals surface area contributed by atoms with E-state index in [4.69, 9.17) is 5.26 Å². The van der Waals surface area contributed by atoms with Crippen molar-refractivity contribution in [1.82, 2.24) is 5.32 Å². The molecule has 1 atom stereocenters. The summed E-state index contributed by atoms with van der Waals surface area (Å²) < 4.78 is 34.5. The minimum absolute atomic E-state index is 0.196. The van der Waals surface area contributed by atoms with Gasteiger partial charge in [-0.3, -0.25) is 0 Å². The second-order valence-corrected chi connectivity index (χ2v) is 2.17. The molecule has 0 saturated heterocycles. The van der Waals surface area contributed by atoms with Gasteiger partial charge in [0, 0.05) is 6.54 Å². The molecule has 2 nitrogen and oxygen atoms in total. The predicted molar refractivity (Wildman–Crippen MR) is 33.7 cm³/mol. The second kappa shape index (κ2) is 4.19. The van der Waals surface area contributed by atoms with E-state index in [1.807, 2.05) is 0 Å². The van der Waals surface area contributed by atoms with Crippen molar-refractivity contribution in [3.8, 4) is 6.07 Å². The molecule has 0 aromatic heterocycles. The van der Waals surface area contributed by atoms with Gasteiger partial charge in [-0.05, 0) is 6.92 Å². The lowest BCUT2D eigenvalue weighted by atomic mass is 10.3. The number of hydrogen-bond donors (Lipinski definition) is 1. The molecule has 0 radical (unpaired) electrons. The molecular formula is C6H9F3N2. The van der Waals surface area contributed by atoms with Crippen LogP contribution < -0.4 is 5.32 Å². The highest BCUT2D eigenvalue weighted by atomic mass is 19.4. The van der Waals surface area contributed by atoms with Gasteiger partial charge in [0.1, 0.15) is 0 Å². The number of nitriles is 1. The van der Waals surface area contributed by atoms with Crippen molar-refractivity contribution in [2.24, 2.45) is 0 Å². The zero-order chi connectivity index (χ0) is 8.91. The van der Waals surface area contributed by atoms with Crippen LogP contribution in [0.2, 0.25) is 0 Å². The van der Waals surface area contributed by atoms with E-state index in [1.54, 1.807) is 6.07 Å². The Bertz CT molecular complexity index is 147. The Morgan fingerprint density at radius 1 is 1.55 bits per heavy atom. The molecule has 11 heavy (non-hydrogen) atoms. The van der Waals surface area contributed by atoms with Crippen molar-refractivity contribution in [3.05, 3.63) is 0 Å². The van der Waals surface area contributed by atoms with Gasteiger partial charge in [-0.1, -0.05) is 0 Å². The lowest BCUT2D eigenvalue weighted by molar-refractivity contribution is -0.133. The molecule has 0 spiro atoms. The standard InChI is InChI=1S/C6H9F3N2/c1-5(4-10)11-3-2-6(7,8)9/h5,11H,2-3H2,1H3. The second-order valence-electron chi connectivity index (χ2n) is 2.17. The summed E-state index contributed by atoms with van der Waals surface area (Å²) in [7, 11) is 0. The highest BCUT2D eigenvalue weighted by Crippen LogP contribution is 2.18. The summed E-state index contributed by atoms with van der Waals surface area (Å²) in [5, 5.41) is 10.6. The van der Waals surface area contributed by atoms with Crippen molar-refractivity contribution < 1.29 is 13.2 Å². The van der Waals surface area contributed by atoms with E-state index in [1.165, 1.54) is 6.92 Å². The number of nitrogens with zero attached hydrogens (tertiary/aromatic N) is 1. The Hall–Kier alpha value is -0.760. The first-order valence-electron chi connectivity index (χ1n) is 3.15. The van der Waals surface area contributed by atoms with E-state index in [-0.39, 0.29) is 6.54 Å². The topological polar surface area (TPSA) is 35.8 Å². The van der Waals surface area contributed by atoms with Gasteiger partial charge >= 0.3 is 6.18 Å². The minimum Gasteiger partial charge on any atom is -0.302 e. The minimum atomic E-state index is -4.14. The third-order valence-electron chi connectivity index (χ3n) is 1.05. The first-order chi connectivity index (χ1) is 4.95. The third kappa shape index (κ3) is 7.13. The highest BCUT2D eigenvalue weighted by Gasteiger charge is 2.26. The highest BCUT2D eigenvalue weighted by molar-refractivity contribution is 4.85. The molecule has 0 rings (SSSR count). The normalized spacial score (nSPS) is 14.1. The maximum atomic E-state index is 11.5. The molecule has 0 bridgehead atoms. The predicted octanol–water partition coefficient (Wildman–Crippen LogP) is 1.44. The van der Waals surface area contributed by atoms with Crippen LogP contribution in [-0.4, -0.2) is 18.8 Å². The molecule has 5 heteroatoms. The summed E-state index contributed by atoms with van der Waals surface area (Å²) in [6, 6.07) is 1.26. The molecule has 0 aliphatic heterocycles. The van der Waals surface area contributed by atoms with Gasteiger partial charge in [0.2, 0.25) is 0 Å². The largest absolute Gasteiger partial charge is 0.390 e. The fraction of sp³-hybridized carbons (Fsp3) is 0.833. The average Bonchev–Trinajstić information content (AvgIpc) is 1.85. The molecule has 0 aliphatic rings. The molecule has 1 unspecified atom stereocenters. The van der Waals surface area contributed by atoms with Gasteiger partial charge in [-0.15, -0.1) is 0 Å². The van der Waals surface area contributed by atoms with Gasteiger partial charge in [0.15, 0.2) is 0 Å². The van der Waals surface area contributed by atoms with Crippen molar-refractivity contribution in [2.45, 2.75) is 25.6 Å². The smallest absolute Gasteiger partial charge is 0.302 e. The van der Waals surface area contributed by atoms with E-state index < -0.39 is 18.6 Å². The summed E-state index contributed by atoms with van der Waals surface area (Å²) in [6.07, 6.45) is -5.03. The molecular weight excluding hydrogens is 157 g/mol. The summed E-state index contributed by atoms with van der Waals surface area (Å²) in [5.41, 5.74) is 0. The Kier molecular flexibility index (Phi) is 3.90. The molecule has 64 valence electrons. The van der Waals surface area contributed by atoms with Crippen LogP contribution >= 0.6 is 0 Å². The van der Waals surface area contributed by atoms with Crippen LogP contribution in [0.5, 0.6) is 0 Å². The molecule has 0 aromatic carbocycles. The number of rotatable bonds is 3. The van der Waals surface area contributed by atoms with Crippen LogP contribution in [0.25, 0.3) is 0 Å². The van der Waals surface area contributed by atoms with Crippen molar-refractivity contribution >= 4 is 0 Å². The van der Waals surface area contributed by atoms with Crippen LogP contribution in [-0.2, 0) is 0 Å². The first-order valence-corrected chi connectivity index (χ1v) is 3.15. The van der Waals surface area contributed by atoms with Crippen LogP contribution in [0.1, 0.15) is 13.3 Å². The molecule has 0 amide bonds. The van der Waals surface area contributed by atoms with Gasteiger partial charge in [-0.2, -0.15) is 18.4 Å². The molecule has 0 fully saturated rings. The van der Waals surface area contributed by atoms with Gasteiger partial charge in [-0.25, -0.2) is 0 Å². The Morgan fingerprint density at radius 3 is 2.45 bits per heavy atom. The molecule has 1 N–H and O–H groups in total. The fourth-order valence-corrected chi connectivity index (χ4v) is 0.476. The van der Waals surface area contributed by atoms with Gasteiger partial charge in [0.25, 0.3) is 0 Å². The number of halogens is 3. The Labute approximate surface area is 63.0 Å². The Morgan fingerprint density at radius 2 is 2.09 bits per heavy atom. The van der Waals surface area contributed by atoms with Crippen molar-refractivity contribution in [1.29, 1.82) is 5.26 Å². The molecule has 0 heterocycles. The summed E-state index contributed by atoms with van der Waals surface area (Å²) >= 11 is 0. The maximum Gasteiger partial charge on any atom is 0.390 e.